The van der Waals surface area contributed by atoms with Crippen LogP contribution in [0, 0.1) is 0 Å². The molecule has 2 saturated heterocycles. The molecule has 4 N–H and O–H groups in total. The van der Waals surface area contributed by atoms with Gasteiger partial charge in [0.05, 0.1) is 17.9 Å². The first-order valence-corrected chi connectivity index (χ1v) is 13.0. The van der Waals surface area contributed by atoms with Crippen LogP contribution in [0.2, 0.25) is 0 Å². The molecule has 0 aromatic carbocycles. The third-order valence-electron chi connectivity index (χ3n) is 6.64. The van der Waals surface area contributed by atoms with E-state index in [0.717, 1.165) is 23.2 Å². The maximum atomic E-state index is 13.1. The summed E-state index contributed by atoms with van der Waals surface area (Å²) in [6.07, 6.45) is 5.74. The number of aromatic nitrogens is 2. The molecular weight excluding hydrogens is 542 g/mol. The van der Waals surface area contributed by atoms with Gasteiger partial charge in [-0.15, -0.1) is 11.3 Å². The van der Waals surface area contributed by atoms with Crippen molar-refractivity contribution in [3.8, 4) is 0 Å². The number of hydrogen-bond donors (Lipinski definition) is 3. The van der Waals surface area contributed by atoms with E-state index in [4.69, 9.17) is 5.73 Å². The highest BCUT2D eigenvalue weighted by molar-refractivity contribution is 7.13. The molecule has 0 saturated carbocycles. The highest BCUT2D eigenvalue weighted by atomic mass is 32.1. The van der Waals surface area contributed by atoms with Gasteiger partial charge in [0.2, 0.25) is 0 Å². The van der Waals surface area contributed by atoms with Gasteiger partial charge in [0.1, 0.15) is 17.4 Å². The number of nitrogens with zero attached hydrogens (tertiary/aromatic N) is 5. The number of rotatable bonds is 7. The third-order valence-corrected chi connectivity index (χ3v) is 7.31. The average molecular weight is 566 g/mol. The van der Waals surface area contributed by atoms with Crippen LogP contribution in [0.5, 0.6) is 0 Å². The molecule has 2 atom stereocenters. The fourth-order valence-corrected chi connectivity index (χ4v) is 5.42. The van der Waals surface area contributed by atoms with Crippen molar-refractivity contribution < 1.29 is 33.9 Å². The van der Waals surface area contributed by atoms with Gasteiger partial charge in [-0.25, -0.2) is 14.6 Å². The molecule has 0 radical (unpaired) electrons. The lowest BCUT2D eigenvalue weighted by molar-refractivity contribution is -0.155. The summed E-state index contributed by atoms with van der Waals surface area (Å²) in [4.78, 5) is 78.0. The van der Waals surface area contributed by atoms with Crippen LogP contribution in [-0.2, 0) is 28.8 Å². The molecule has 40 heavy (non-hydrogen) atoms. The standard InChI is InChI=1S/C25H23N7O7S/c1-12(33)39-30-18(16-11-40-25(26)28-16)21(34)29-19-17-5-4-13(20(24(37)38)32(17)23(19)36)9-14-6-8-31(22(14)35)15-3-2-7-27-10-15/h2-3,7,9-11,17,19H,4-6,8H2,1H3,(H2,26,28)(H,29,34)(H,37,38)/b14-9-,30-18-/t17-,19+/m1/s1. The van der Waals surface area contributed by atoms with E-state index in [9.17, 15) is 29.1 Å². The zero-order chi connectivity index (χ0) is 28.6. The van der Waals surface area contributed by atoms with Crippen LogP contribution in [0.15, 0.2) is 58.0 Å². The van der Waals surface area contributed by atoms with Crippen molar-refractivity contribution in [3.05, 3.63) is 58.5 Å². The van der Waals surface area contributed by atoms with E-state index in [0.29, 0.717) is 36.2 Å². The molecule has 3 aliphatic heterocycles. The molecule has 14 nitrogen and oxygen atoms in total. The van der Waals surface area contributed by atoms with Gasteiger partial charge in [-0.2, -0.15) is 0 Å². The molecule has 0 unspecified atom stereocenters. The Balaban J connectivity index is 1.35. The number of amides is 3. The molecule has 3 aliphatic rings. The van der Waals surface area contributed by atoms with Crippen molar-refractivity contribution in [2.75, 3.05) is 17.2 Å². The van der Waals surface area contributed by atoms with Gasteiger partial charge in [0, 0.05) is 30.6 Å². The lowest BCUT2D eigenvalue weighted by Crippen LogP contribution is -2.72. The molecule has 0 spiro atoms. The second-order valence-corrected chi connectivity index (χ2v) is 10.0. The molecule has 2 aromatic rings. The Morgan fingerprint density at radius 2 is 2.10 bits per heavy atom. The quantitative estimate of drug-likeness (QED) is 0.140. The van der Waals surface area contributed by atoms with E-state index < -0.39 is 35.8 Å². The molecule has 5 rings (SSSR count). The number of fused-ring (bicyclic) bond motifs is 1. The molecular formula is C25H23N7O7S. The molecule has 5 heterocycles. The van der Waals surface area contributed by atoms with E-state index in [-0.39, 0.29) is 34.6 Å². The summed E-state index contributed by atoms with van der Waals surface area (Å²) < 4.78 is 0. The van der Waals surface area contributed by atoms with Gasteiger partial charge in [-0.1, -0.05) is 5.16 Å². The Kier molecular flexibility index (Phi) is 7.13. The first-order valence-electron chi connectivity index (χ1n) is 12.2. The van der Waals surface area contributed by atoms with Crippen molar-refractivity contribution in [2.24, 2.45) is 5.16 Å². The van der Waals surface area contributed by atoms with Gasteiger partial charge in [-0.3, -0.25) is 24.3 Å². The van der Waals surface area contributed by atoms with Crippen LogP contribution in [0.1, 0.15) is 31.9 Å². The maximum Gasteiger partial charge on any atom is 0.352 e. The Morgan fingerprint density at radius 1 is 1.30 bits per heavy atom. The van der Waals surface area contributed by atoms with Crippen LogP contribution < -0.4 is 16.0 Å². The van der Waals surface area contributed by atoms with Gasteiger partial charge in [0.25, 0.3) is 17.7 Å². The second-order valence-electron chi connectivity index (χ2n) is 9.13. The molecule has 2 fully saturated rings. The number of pyridine rings is 1. The normalized spacial score (nSPS) is 21.8. The summed E-state index contributed by atoms with van der Waals surface area (Å²) in [5, 5.41) is 17.7. The number of anilines is 2. The molecule has 2 aromatic heterocycles. The lowest BCUT2D eigenvalue weighted by atomic mass is 9.82. The number of aliphatic carboxylic acids is 1. The summed E-state index contributed by atoms with van der Waals surface area (Å²) in [6, 6.07) is 1.81. The number of carboxylic acid groups (broad SMARTS) is 1. The maximum absolute atomic E-state index is 13.1. The summed E-state index contributed by atoms with van der Waals surface area (Å²) in [5.41, 5.74) is 6.53. The number of oxime groups is 1. The van der Waals surface area contributed by atoms with Crippen LogP contribution in [0.4, 0.5) is 10.8 Å². The third kappa shape index (κ3) is 4.93. The molecule has 15 heteroatoms. The largest absolute Gasteiger partial charge is 0.477 e. The summed E-state index contributed by atoms with van der Waals surface area (Å²) in [7, 11) is 0. The van der Waals surface area contributed by atoms with E-state index in [1.165, 1.54) is 5.38 Å². The lowest BCUT2D eigenvalue weighted by Gasteiger charge is -2.50. The number of allylic oxidation sites excluding steroid dienone is 2. The zero-order valence-corrected chi connectivity index (χ0v) is 21.9. The van der Waals surface area contributed by atoms with Gasteiger partial charge < -0.3 is 25.9 Å². The highest BCUT2D eigenvalue weighted by Crippen LogP contribution is 2.38. The average Bonchev–Trinajstić information content (AvgIpc) is 3.52. The Hall–Kier alpha value is -4.92. The second kappa shape index (κ2) is 10.7. The van der Waals surface area contributed by atoms with E-state index >= 15 is 0 Å². The fraction of sp³-hybridized carbons (Fsp3) is 0.280. The van der Waals surface area contributed by atoms with Crippen LogP contribution in [-0.4, -0.2) is 74.0 Å². The van der Waals surface area contributed by atoms with Gasteiger partial charge in [-0.05, 0) is 43.0 Å². The Labute approximate surface area is 230 Å². The minimum absolute atomic E-state index is 0.0510. The van der Waals surface area contributed by atoms with Crippen molar-refractivity contribution in [3.63, 3.8) is 0 Å². The van der Waals surface area contributed by atoms with Gasteiger partial charge in [0.15, 0.2) is 10.8 Å². The van der Waals surface area contributed by atoms with Crippen molar-refractivity contribution in [1.82, 2.24) is 20.2 Å². The van der Waals surface area contributed by atoms with Crippen LogP contribution >= 0.6 is 11.3 Å². The number of nitrogen functional groups attached to an aromatic ring is 1. The number of nitrogens with two attached hydrogens (primary N) is 1. The minimum Gasteiger partial charge on any atom is -0.477 e. The van der Waals surface area contributed by atoms with Crippen molar-refractivity contribution >= 4 is 57.5 Å². The predicted octanol–water partition coefficient (Wildman–Crippen LogP) is 0.579. The predicted molar refractivity (Wildman–Crippen MR) is 141 cm³/mol. The monoisotopic (exact) mass is 565 g/mol. The summed E-state index contributed by atoms with van der Waals surface area (Å²) >= 11 is 1.04. The Bertz CT molecular complexity index is 1510. The molecule has 0 aliphatic carbocycles. The zero-order valence-electron chi connectivity index (χ0n) is 21.1. The molecule has 206 valence electrons. The SMILES string of the molecule is CC(=O)O/N=C(\C(=O)N[C@@H]1C(=O)N2C(C(=O)O)=C(/C=C3/CCN(c4cccnc4)C3=O)CC[C@H]12)c1csc(N)n1. The van der Waals surface area contributed by atoms with Crippen LogP contribution in [0.25, 0.3) is 0 Å². The van der Waals surface area contributed by atoms with Gasteiger partial charge >= 0.3 is 11.9 Å². The first kappa shape index (κ1) is 26.7. The number of thiazole rings is 1. The number of β-lactam (4-membered cyclic amide) rings is 1. The van der Waals surface area contributed by atoms with Crippen LogP contribution in [0.3, 0.4) is 0 Å². The van der Waals surface area contributed by atoms with E-state index in [2.05, 4.69) is 25.3 Å². The van der Waals surface area contributed by atoms with E-state index in [1.807, 2.05) is 0 Å². The van der Waals surface area contributed by atoms with Crippen molar-refractivity contribution in [1.29, 1.82) is 0 Å². The highest BCUT2D eigenvalue weighted by Gasteiger charge is 2.53. The number of nitrogens with one attached hydrogen (secondary N) is 1. The van der Waals surface area contributed by atoms with Crippen molar-refractivity contribution in [2.45, 2.75) is 38.3 Å². The number of carbonyl (C=O) groups excluding carboxylic acids is 4. The topological polar surface area (TPSA) is 197 Å². The smallest absolute Gasteiger partial charge is 0.352 e. The Morgan fingerprint density at radius 3 is 2.75 bits per heavy atom. The number of carbonyl (C=O) groups is 5. The minimum atomic E-state index is -1.32. The molecule has 3 amide bonds. The number of hydrogen-bond acceptors (Lipinski definition) is 11. The summed E-state index contributed by atoms with van der Waals surface area (Å²) in [6.45, 7) is 1.53. The van der Waals surface area contributed by atoms with E-state index in [1.54, 1.807) is 35.5 Å². The first-order chi connectivity index (χ1) is 19.2. The fourth-order valence-electron chi connectivity index (χ4n) is 4.87. The molecule has 0 bridgehead atoms. The number of carboxylic acids is 1. The summed E-state index contributed by atoms with van der Waals surface area (Å²) in [5.74, 6) is -3.82.